The van der Waals surface area contributed by atoms with Gasteiger partial charge in [-0.25, -0.2) is 4.79 Å². The molecule has 0 aliphatic rings. The van der Waals surface area contributed by atoms with Crippen molar-refractivity contribution in [2.24, 2.45) is 0 Å². The fourth-order valence-corrected chi connectivity index (χ4v) is 1.27. The van der Waals surface area contributed by atoms with E-state index in [0.29, 0.717) is 6.42 Å². The van der Waals surface area contributed by atoms with E-state index in [0.717, 1.165) is 6.42 Å². The largest absolute Gasteiger partial charge is 0.465 e. The molecule has 5 heteroatoms. The zero-order valence-corrected chi connectivity index (χ0v) is 11.5. The fraction of sp³-hybridized carbons (Fsp3) is 0.357. The van der Waals surface area contributed by atoms with Crippen LogP contribution < -0.4 is 0 Å². The maximum Gasteiger partial charge on any atom is 0.344 e. The summed E-state index contributed by atoms with van der Waals surface area (Å²) in [4.78, 5) is 21.9. The Morgan fingerprint density at radius 2 is 1.89 bits per heavy atom. The van der Waals surface area contributed by atoms with Crippen LogP contribution in [-0.4, -0.2) is 18.0 Å². The number of nitrogens with zero attached hydrogens (tertiary/aromatic N) is 1. The molecule has 0 radical (unpaired) electrons. The number of allylic oxidation sites excluding steroid dienone is 6. The predicted molar refractivity (Wildman–Crippen MR) is 74.0 cm³/mol. The lowest BCUT2D eigenvalue weighted by Gasteiger charge is -2.01. The predicted octanol–water partition coefficient (Wildman–Crippen LogP) is 3.18. The molecule has 0 heterocycles. The van der Waals surface area contributed by atoms with E-state index >= 15 is 0 Å². The van der Waals surface area contributed by atoms with Gasteiger partial charge in [0.05, 0.1) is 12.0 Å². The molecular formula is C14H19NO4. The van der Waals surface area contributed by atoms with Crippen LogP contribution in [0.15, 0.2) is 47.7 Å². The van der Waals surface area contributed by atoms with Crippen molar-refractivity contribution in [3.63, 3.8) is 0 Å². The molecule has 0 aliphatic heterocycles. The first-order valence-corrected chi connectivity index (χ1v) is 6.05. The van der Waals surface area contributed by atoms with Crippen LogP contribution >= 0.6 is 0 Å². The molecule has 0 aliphatic carbocycles. The van der Waals surface area contributed by atoms with Crippen molar-refractivity contribution in [1.29, 1.82) is 0 Å². The van der Waals surface area contributed by atoms with Gasteiger partial charge in [-0.1, -0.05) is 38.2 Å². The molecular weight excluding hydrogens is 246 g/mol. The number of carbonyl (C=O) groups is 1. The molecule has 0 aromatic heterocycles. The molecule has 0 atom stereocenters. The lowest BCUT2D eigenvalue weighted by molar-refractivity contribution is -0.420. The Morgan fingerprint density at radius 1 is 1.21 bits per heavy atom. The van der Waals surface area contributed by atoms with Crippen LogP contribution in [0.2, 0.25) is 0 Å². The average molecular weight is 265 g/mol. The van der Waals surface area contributed by atoms with Crippen LogP contribution in [0, 0.1) is 10.1 Å². The quantitative estimate of drug-likeness (QED) is 0.233. The third-order valence-electron chi connectivity index (χ3n) is 2.13. The average Bonchev–Trinajstić information content (AvgIpc) is 2.40. The number of esters is 1. The number of nitro groups is 1. The zero-order chi connectivity index (χ0) is 14.7. The Kier molecular flexibility index (Phi) is 8.70. The van der Waals surface area contributed by atoms with Gasteiger partial charge in [-0.3, -0.25) is 10.1 Å². The minimum atomic E-state index is -0.722. The summed E-state index contributed by atoms with van der Waals surface area (Å²) < 4.78 is 4.56. The van der Waals surface area contributed by atoms with Gasteiger partial charge in [0.25, 0.3) is 5.70 Å². The van der Waals surface area contributed by atoms with Crippen molar-refractivity contribution in [3.05, 3.63) is 57.8 Å². The molecule has 0 spiro atoms. The molecule has 0 saturated carbocycles. The summed E-state index contributed by atoms with van der Waals surface area (Å²) in [5.41, 5.74) is -0.297. The molecule has 0 unspecified atom stereocenters. The molecule has 5 nitrogen and oxygen atoms in total. The Hall–Kier alpha value is -2.17. The SMILES string of the molecule is CC\C=C/C=C\C=C(C(=O)OC)/C(=C\CC)[N+](=O)[O-]. The first-order valence-electron chi connectivity index (χ1n) is 6.05. The van der Waals surface area contributed by atoms with Crippen LogP contribution in [0.1, 0.15) is 26.7 Å². The third kappa shape index (κ3) is 6.35. The zero-order valence-electron chi connectivity index (χ0n) is 11.5. The van der Waals surface area contributed by atoms with Gasteiger partial charge in [0.1, 0.15) is 5.57 Å². The van der Waals surface area contributed by atoms with E-state index in [9.17, 15) is 14.9 Å². The summed E-state index contributed by atoms with van der Waals surface area (Å²) in [7, 11) is 1.19. The van der Waals surface area contributed by atoms with Gasteiger partial charge < -0.3 is 4.74 Å². The summed E-state index contributed by atoms with van der Waals surface area (Å²) in [6, 6.07) is 0. The minimum Gasteiger partial charge on any atom is -0.465 e. The van der Waals surface area contributed by atoms with Gasteiger partial charge in [0.15, 0.2) is 0 Å². The molecule has 0 aromatic rings. The van der Waals surface area contributed by atoms with Crippen molar-refractivity contribution < 1.29 is 14.5 Å². The number of hydrogen-bond donors (Lipinski definition) is 0. The van der Waals surface area contributed by atoms with E-state index in [-0.39, 0.29) is 11.3 Å². The number of hydrogen-bond acceptors (Lipinski definition) is 4. The van der Waals surface area contributed by atoms with Crippen LogP contribution in [0.4, 0.5) is 0 Å². The maximum atomic E-state index is 11.6. The Balaban J connectivity index is 5.31. The number of rotatable bonds is 7. The van der Waals surface area contributed by atoms with Gasteiger partial charge in [-0.15, -0.1) is 0 Å². The van der Waals surface area contributed by atoms with E-state index in [1.165, 1.54) is 19.3 Å². The van der Waals surface area contributed by atoms with E-state index < -0.39 is 10.9 Å². The Bertz CT molecular complexity index is 431. The summed E-state index contributed by atoms with van der Waals surface area (Å²) in [6.07, 6.45) is 11.1. The lowest BCUT2D eigenvalue weighted by atomic mass is 10.1. The van der Waals surface area contributed by atoms with E-state index in [4.69, 9.17) is 0 Å². The number of methoxy groups -OCH3 is 1. The maximum absolute atomic E-state index is 11.6. The van der Waals surface area contributed by atoms with Crippen molar-refractivity contribution >= 4 is 5.97 Å². The molecule has 0 aromatic carbocycles. The monoisotopic (exact) mass is 265 g/mol. The highest BCUT2D eigenvalue weighted by atomic mass is 16.6. The lowest BCUT2D eigenvalue weighted by Crippen LogP contribution is -2.12. The van der Waals surface area contributed by atoms with E-state index in [1.54, 1.807) is 25.2 Å². The summed E-state index contributed by atoms with van der Waals surface area (Å²) in [5.74, 6) is -0.722. The van der Waals surface area contributed by atoms with Crippen LogP contribution in [0.3, 0.4) is 0 Å². The summed E-state index contributed by atoms with van der Waals surface area (Å²) in [6.45, 7) is 3.76. The third-order valence-corrected chi connectivity index (χ3v) is 2.13. The molecule has 104 valence electrons. The second-order valence-corrected chi connectivity index (χ2v) is 3.55. The molecule has 0 rings (SSSR count). The summed E-state index contributed by atoms with van der Waals surface area (Å²) in [5, 5.41) is 10.9. The highest BCUT2D eigenvalue weighted by Crippen LogP contribution is 2.14. The van der Waals surface area contributed by atoms with Gasteiger partial charge in [0.2, 0.25) is 0 Å². The second-order valence-electron chi connectivity index (χ2n) is 3.55. The van der Waals surface area contributed by atoms with Crippen molar-refractivity contribution in [2.75, 3.05) is 7.11 Å². The van der Waals surface area contributed by atoms with Gasteiger partial charge in [-0.2, -0.15) is 0 Å². The van der Waals surface area contributed by atoms with Crippen LogP contribution in [0.25, 0.3) is 0 Å². The molecule has 0 bridgehead atoms. The van der Waals surface area contributed by atoms with Crippen molar-refractivity contribution in [3.8, 4) is 0 Å². The highest BCUT2D eigenvalue weighted by Gasteiger charge is 2.23. The molecule has 19 heavy (non-hydrogen) atoms. The second kappa shape index (κ2) is 9.82. The van der Waals surface area contributed by atoms with Gasteiger partial charge in [-0.05, 0) is 25.0 Å². The van der Waals surface area contributed by atoms with Crippen molar-refractivity contribution in [2.45, 2.75) is 26.7 Å². The van der Waals surface area contributed by atoms with Crippen LogP contribution in [0.5, 0.6) is 0 Å². The number of carbonyl (C=O) groups excluding carboxylic acids is 1. The first kappa shape index (κ1) is 16.8. The molecule has 0 N–H and O–H groups in total. The molecule has 0 amide bonds. The smallest absolute Gasteiger partial charge is 0.344 e. The van der Waals surface area contributed by atoms with E-state index in [2.05, 4.69) is 4.74 Å². The molecule has 0 fully saturated rings. The highest BCUT2D eigenvalue weighted by molar-refractivity contribution is 5.92. The first-order chi connectivity index (χ1) is 9.08. The fourth-order valence-electron chi connectivity index (χ4n) is 1.27. The topological polar surface area (TPSA) is 69.4 Å². The van der Waals surface area contributed by atoms with Gasteiger partial charge >= 0.3 is 5.97 Å². The minimum absolute atomic E-state index is 0.0597. The number of ether oxygens (including phenoxy) is 1. The van der Waals surface area contributed by atoms with E-state index in [1.807, 2.05) is 13.0 Å². The molecule has 0 saturated heterocycles. The summed E-state index contributed by atoms with van der Waals surface area (Å²) >= 11 is 0. The van der Waals surface area contributed by atoms with Crippen LogP contribution in [-0.2, 0) is 9.53 Å². The van der Waals surface area contributed by atoms with Gasteiger partial charge in [0, 0.05) is 0 Å². The van der Waals surface area contributed by atoms with Crippen molar-refractivity contribution in [1.82, 2.24) is 0 Å². The normalized spacial score (nSPS) is 13.2. The Morgan fingerprint density at radius 3 is 2.37 bits per heavy atom. The Labute approximate surface area is 113 Å². The standard InChI is InChI=1S/C14H19NO4/c1-4-6-7-8-9-11-12(14(16)19-3)13(10-5-2)15(17)18/h6-11H,4-5H2,1-3H3/b7-6-,9-8-,12-11+,13-10+.